The molecule has 0 aromatic heterocycles. The van der Waals surface area contributed by atoms with E-state index in [0.717, 1.165) is 43.2 Å². The first-order chi connectivity index (χ1) is 20.1. The van der Waals surface area contributed by atoms with Crippen molar-refractivity contribution in [2.75, 3.05) is 0 Å². The van der Waals surface area contributed by atoms with E-state index < -0.39 is 0 Å². The zero-order chi connectivity index (χ0) is 28.4. The van der Waals surface area contributed by atoms with Crippen LogP contribution in [0, 0.1) is 5.82 Å². The Labute approximate surface area is 245 Å². The molecule has 0 spiro atoms. The highest BCUT2D eigenvalue weighted by Crippen LogP contribution is 2.25. The van der Waals surface area contributed by atoms with Crippen molar-refractivity contribution in [2.45, 2.75) is 51.9 Å². The highest BCUT2D eigenvalue weighted by atomic mass is 19.1. The Morgan fingerprint density at radius 2 is 1.15 bits per heavy atom. The zero-order valence-electron chi connectivity index (χ0n) is 24.2. The molecule has 5 aromatic rings. The molecule has 0 aliphatic rings. The molecule has 0 saturated heterocycles. The van der Waals surface area contributed by atoms with Crippen LogP contribution in [0.5, 0.6) is 0 Å². The summed E-state index contributed by atoms with van der Waals surface area (Å²) in [6.45, 7) is 4.48. The SMILES string of the molecule is CCCc1ccc(CCc2ccc(C=Cc3ccc(-c4ccc(C[C@H](C)c5ccccc5)cc4)cc3)c(F)c2)cc1. The van der Waals surface area contributed by atoms with Crippen molar-refractivity contribution >= 4 is 12.2 Å². The van der Waals surface area contributed by atoms with Gasteiger partial charge in [-0.15, -0.1) is 0 Å². The van der Waals surface area contributed by atoms with Crippen molar-refractivity contribution in [3.8, 4) is 11.1 Å². The molecule has 5 aromatic carbocycles. The quantitative estimate of drug-likeness (QED) is 0.147. The van der Waals surface area contributed by atoms with Crippen LogP contribution in [0.4, 0.5) is 4.39 Å². The zero-order valence-corrected chi connectivity index (χ0v) is 24.2. The van der Waals surface area contributed by atoms with Crippen molar-refractivity contribution in [2.24, 2.45) is 0 Å². The second-order valence-electron chi connectivity index (χ2n) is 11.1. The molecule has 0 aliphatic heterocycles. The van der Waals surface area contributed by atoms with E-state index in [0.29, 0.717) is 11.5 Å². The second kappa shape index (κ2) is 13.9. The summed E-state index contributed by atoms with van der Waals surface area (Å²) in [5, 5.41) is 0. The predicted molar refractivity (Wildman–Crippen MR) is 174 cm³/mol. The first-order valence-corrected chi connectivity index (χ1v) is 14.9. The molecule has 1 atom stereocenters. The Morgan fingerprint density at radius 3 is 1.78 bits per heavy atom. The first kappa shape index (κ1) is 28.3. The Morgan fingerprint density at radius 1 is 0.585 bits per heavy atom. The lowest BCUT2D eigenvalue weighted by Gasteiger charge is -2.12. The highest BCUT2D eigenvalue weighted by molar-refractivity contribution is 5.72. The minimum absolute atomic E-state index is 0.171. The Bertz CT molecular complexity index is 1540. The molecule has 0 unspecified atom stereocenters. The maximum atomic E-state index is 14.9. The summed E-state index contributed by atoms with van der Waals surface area (Å²) in [6.07, 6.45) is 8.91. The Kier molecular flexibility index (Phi) is 9.60. The van der Waals surface area contributed by atoms with Crippen molar-refractivity contribution in [3.63, 3.8) is 0 Å². The van der Waals surface area contributed by atoms with Gasteiger partial charge in [-0.25, -0.2) is 4.39 Å². The number of rotatable bonds is 11. The van der Waals surface area contributed by atoms with Crippen molar-refractivity contribution in [1.82, 2.24) is 0 Å². The fraction of sp³-hybridized carbons (Fsp3) is 0.200. The number of hydrogen-bond donors (Lipinski definition) is 0. The fourth-order valence-corrected chi connectivity index (χ4v) is 5.37. The molecule has 5 rings (SSSR count). The van der Waals surface area contributed by atoms with Gasteiger partial charge in [0.1, 0.15) is 5.82 Å². The van der Waals surface area contributed by atoms with Gasteiger partial charge in [0.15, 0.2) is 0 Å². The summed E-state index contributed by atoms with van der Waals surface area (Å²) >= 11 is 0. The van der Waals surface area contributed by atoms with Gasteiger partial charge in [-0.2, -0.15) is 0 Å². The standard InChI is InChI=1S/C40H39F/c1-3-7-31-10-12-32(13-11-31)14-15-35-21-27-39(40(41)29-35)26-18-33-16-22-37(23-17-33)38-24-19-34(20-25-38)28-30(2)36-8-5-4-6-9-36/h4-6,8-13,16-27,29-30H,3,7,14-15,28H2,1-2H3/t30-/m0/s1. The minimum Gasteiger partial charge on any atom is -0.206 e. The van der Waals surface area contributed by atoms with Crippen LogP contribution in [0.25, 0.3) is 23.3 Å². The van der Waals surface area contributed by atoms with Gasteiger partial charge < -0.3 is 0 Å². The van der Waals surface area contributed by atoms with E-state index in [4.69, 9.17) is 0 Å². The fourth-order valence-electron chi connectivity index (χ4n) is 5.37. The van der Waals surface area contributed by atoms with Crippen LogP contribution in [-0.4, -0.2) is 0 Å². The van der Waals surface area contributed by atoms with Gasteiger partial charge in [0.25, 0.3) is 0 Å². The third-order valence-corrected chi connectivity index (χ3v) is 7.89. The van der Waals surface area contributed by atoms with E-state index in [9.17, 15) is 4.39 Å². The number of hydrogen-bond acceptors (Lipinski definition) is 0. The van der Waals surface area contributed by atoms with Crippen molar-refractivity contribution in [3.05, 3.63) is 166 Å². The monoisotopic (exact) mass is 538 g/mol. The summed E-state index contributed by atoms with van der Waals surface area (Å²) in [7, 11) is 0. The maximum Gasteiger partial charge on any atom is 0.130 e. The predicted octanol–water partition coefficient (Wildman–Crippen LogP) is 10.7. The lowest BCUT2D eigenvalue weighted by atomic mass is 9.93. The molecule has 0 bridgehead atoms. The van der Waals surface area contributed by atoms with Crippen LogP contribution in [0.1, 0.15) is 65.1 Å². The summed E-state index contributed by atoms with van der Waals surface area (Å²) in [4.78, 5) is 0. The number of halogens is 1. The molecule has 0 fully saturated rings. The Balaban J connectivity index is 1.16. The summed E-state index contributed by atoms with van der Waals surface area (Å²) in [5.41, 5.74) is 10.5. The third kappa shape index (κ3) is 7.92. The van der Waals surface area contributed by atoms with Crippen LogP contribution in [0.3, 0.4) is 0 Å². The molecule has 0 aliphatic carbocycles. The van der Waals surface area contributed by atoms with Crippen LogP contribution in [-0.2, 0) is 25.7 Å². The van der Waals surface area contributed by atoms with E-state index >= 15 is 0 Å². The maximum absolute atomic E-state index is 14.9. The topological polar surface area (TPSA) is 0 Å². The van der Waals surface area contributed by atoms with E-state index in [1.165, 1.54) is 33.4 Å². The van der Waals surface area contributed by atoms with Crippen molar-refractivity contribution < 1.29 is 4.39 Å². The average molecular weight is 539 g/mol. The van der Waals surface area contributed by atoms with Gasteiger partial charge in [-0.05, 0) is 82.2 Å². The average Bonchev–Trinajstić information content (AvgIpc) is 3.01. The summed E-state index contributed by atoms with van der Waals surface area (Å²) in [6, 6.07) is 42.5. The summed E-state index contributed by atoms with van der Waals surface area (Å²) < 4.78 is 14.9. The third-order valence-electron chi connectivity index (χ3n) is 7.89. The molecule has 206 valence electrons. The largest absolute Gasteiger partial charge is 0.206 e. The lowest BCUT2D eigenvalue weighted by Crippen LogP contribution is -1.98. The number of benzene rings is 5. The van der Waals surface area contributed by atoms with E-state index in [1.807, 2.05) is 24.3 Å². The van der Waals surface area contributed by atoms with Crippen LogP contribution < -0.4 is 0 Å². The van der Waals surface area contributed by atoms with Gasteiger partial charge in [-0.3, -0.25) is 0 Å². The molecular formula is C40H39F. The van der Waals surface area contributed by atoms with Gasteiger partial charge in [0.05, 0.1) is 0 Å². The normalized spacial score (nSPS) is 12.1. The van der Waals surface area contributed by atoms with Gasteiger partial charge in [-0.1, -0.05) is 148 Å². The number of aryl methyl sites for hydroxylation is 3. The minimum atomic E-state index is -0.171. The molecule has 0 saturated carbocycles. The van der Waals surface area contributed by atoms with Gasteiger partial charge in [0.2, 0.25) is 0 Å². The van der Waals surface area contributed by atoms with Crippen LogP contribution in [0.2, 0.25) is 0 Å². The lowest BCUT2D eigenvalue weighted by molar-refractivity contribution is 0.622. The van der Waals surface area contributed by atoms with Gasteiger partial charge >= 0.3 is 0 Å². The van der Waals surface area contributed by atoms with E-state index in [-0.39, 0.29) is 5.82 Å². The second-order valence-corrected chi connectivity index (χ2v) is 11.1. The molecule has 41 heavy (non-hydrogen) atoms. The van der Waals surface area contributed by atoms with Gasteiger partial charge in [0, 0.05) is 5.56 Å². The van der Waals surface area contributed by atoms with E-state index in [2.05, 4.69) is 117 Å². The molecular weight excluding hydrogens is 499 g/mol. The molecule has 1 heteroatoms. The smallest absolute Gasteiger partial charge is 0.130 e. The molecule has 0 heterocycles. The summed E-state index contributed by atoms with van der Waals surface area (Å²) in [5.74, 6) is 0.317. The molecule has 0 nitrogen and oxygen atoms in total. The van der Waals surface area contributed by atoms with E-state index in [1.54, 1.807) is 6.07 Å². The molecule has 0 amide bonds. The molecule has 0 N–H and O–H groups in total. The van der Waals surface area contributed by atoms with Crippen LogP contribution in [0.15, 0.2) is 121 Å². The van der Waals surface area contributed by atoms with Crippen LogP contribution >= 0.6 is 0 Å². The van der Waals surface area contributed by atoms with Crippen molar-refractivity contribution in [1.29, 1.82) is 0 Å². The first-order valence-electron chi connectivity index (χ1n) is 14.9. The Hall–Kier alpha value is -4.23. The molecule has 0 radical (unpaired) electrons. The highest BCUT2D eigenvalue weighted by Gasteiger charge is 2.07.